The Hall–Kier alpha value is -2.81. The molecule has 1 N–H and O–H groups in total. The summed E-state index contributed by atoms with van der Waals surface area (Å²) in [6.07, 6.45) is -0.661. The highest BCUT2D eigenvalue weighted by Gasteiger charge is 2.24. The lowest BCUT2D eigenvalue weighted by atomic mass is 10.2. The van der Waals surface area contributed by atoms with Gasteiger partial charge in [-0.1, -0.05) is 12.1 Å². The number of hydrogen-bond donors (Lipinski definition) is 1. The average Bonchev–Trinajstić information content (AvgIpc) is 3.05. The number of hydrogen-bond acceptors (Lipinski definition) is 5. The molecule has 0 aliphatic heterocycles. The third-order valence-electron chi connectivity index (χ3n) is 5.15. The van der Waals surface area contributed by atoms with Crippen molar-refractivity contribution in [2.75, 3.05) is 20.3 Å². The Kier molecular flexibility index (Phi) is 7.95. The van der Waals surface area contributed by atoms with E-state index < -0.39 is 11.9 Å². The van der Waals surface area contributed by atoms with E-state index in [9.17, 15) is 13.9 Å². The zero-order valence-electron chi connectivity index (χ0n) is 18.8. The van der Waals surface area contributed by atoms with Gasteiger partial charge in [0.05, 0.1) is 29.7 Å². The summed E-state index contributed by atoms with van der Waals surface area (Å²) in [6, 6.07) is 12.1. The number of para-hydroxylation sites is 1. The molecule has 2 aromatic carbocycles. The number of aliphatic hydroxyl groups excluding tert-OH is 1. The predicted molar refractivity (Wildman–Crippen MR) is 118 cm³/mol. The molecule has 3 rings (SSSR count). The molecule has 1 heterocycles. The summed E-state index contributed by atoms with van der Waals surface area (Å²) < 4.78 is 40.5. The van der Waals surface area contributed by atoms with Crippen molar-refractivity contribution >= 4 is 0 Å². The lowest BCUT2D eigenvalue weighted by Gasteiger charge is -2.28. The summed E-state index contributed by atoms with van der Waals surface area (Å²) in [6.45, 7) is 6.90. The maximum absolute atomic E-state index is 14.4. The van der Waals surface area contributed by atoms with E-state index in [-0.39, 0.29) is 24.2 Å². The molecule has 0 unspecified atom stereocenters. The van der Waals surface area contributed by atoms with E-state index in [2.05, 4.69) is 10.00 Å². The highest BCUT2D eigenvalue weighted by molar-refractivity contribution is 5.43. The van der Waals surface area contributed by atoms with Crippen molar-refractivity contribution in [2.24, 2.45) is 0 Å². The van der Waals surface area contributed by atoms with Gasteiger partial charge in [-0.3, -0.25) is 4.90 Å². The van der Waals surface area contributed by atoms with Crippen LogP contribution in [0.15, 0.2) is 48.5 Å². The maximum Gasteiger partial charge on any atom is 0.227 e. The third kappa shape index (κ3) is 5.70. The number of aryl methyl sites for hydroxylation is 1. The summed E-state index contributed by atoms with van der Waals surface area (Å²) in [4.78, 5) is 2.07. The van der Waals surface area contributed by atoms with Gasteiger partial charge < -0.3 is 14.6 Å². The van der Waals surface area contributed by atoms with Gasteiger partial charge in [0.1, 0.15) is 5.82 Å². The van der Waals surface area contributed by atoms with Crippen LogP contribution >= 0.6 is 0 Å². The molecule has 0 fully saturated rings. The van der Waals surface area contributed by atoms with Crippen LogP contribution in [0.4, 0.5) is 8.78 Å². The van der Waals surface area contributed by atoms with Crippen LogP contribution < -0.4 is 4.74 Å². The smallest absolute Gasteiger partial charge is 0.227 e. The highest BCUT2D eigenvalue weighted by Crippen LogP contribution is 2.33. The molecule has 6 nitrogen and oxygen atoms in total. The van der Waals surface area contributed by atoms with Crippen molar-refractivity contribution in [1.82, 2.24) is 14.7 Å². The molecular weight excluding hydrogens is 416 g/mol. The Balaban J connectivity index is 2.04. The van der Waals surface area contributed by atoms with Gasteiger partial charge in [0.15, 0.2) is 11.6 Å². The number of benzene rings is 2. The molecule has 1 atom stereocenters. The fourth-order valence-corrected chi connectivity index (χ4v) is 3.39. The van der Waals surface area contributed by atoms with Crippen LogP contribution in [0.2, 0.25) is 0 Å². The van der Waals surface area contributed by atoms with Crippen LogP contribution in [0.1, 0.15) is 25.1 Å². The van der Waals surface area contributed by atoms with Gasteiger partial charge in [0, 0.05) is 26.2 Å². The molecule has 1 aromatic heterocycles. The molecule has 0 aliphatic carbocycles. The van der Waals surface area contributed by atoms with E-state index in [4.69, 9.17) is 9.47 Å². The first-order valence-electron chi connectivity index (χ1n) is 10.5. The quantitative estimate of drug-likeness (QED) is 0.499. The standard InChI is InChI=1S/C24H29F2N3O3/c1-16(2)28(13-20(30)15-31-4)14-21-17(3)27-29(19-11-9-18(25)10-12-19)24(21)32-23-8-6-5-7-22(23)26/h5-12,16,20,30H,13-15H2,1-4H3/t20-/m0/s1. The van der Waals surface area contributed by atoms with Crippen LogP contribution in [-0.4, -0.2) is 52.2 Å². The second kappa shape index (κ2) is 10.7. The Morgan fingerprint density at radius 2 is 1.78 bits per heavy atom. The van der Waals surface area contributed by atoms with E-state index in [0.29, 0.717) is 30.4 Å². The number of methoxy groups -OCH3 is 1. The Labute approximate surface area is 187 Å². The highest BCUT2D eigenvalue weighted by atomic mass is 19.1. The van der Waals surface area contributed by atoms with Gasteiger partial charge >= 0.3 is 0 Å². The van der Waals surface area contributed by atoms with Crippen molar-refractivity contribution in [3.05, 3.63) is 71.4 Å². The van der Waals surface area contributed by atoms with Crippen molar-refractivity contribution in [2.45, 2.75) is 39.5 Å². The summed E-state index contributed by atoms with van der Waals surface area (Å²) in [5, 5.41) is 14.9. The molecule has 32 heavy (non-hydrogen) atoms. The number of aromatic nitrogens is 2. The van der Waals surface area contributed by atoms with Crippen molar-refractivity contribution in [3.63, 3.8) is 0 Å². The fourth-order valence-electron chi connectivity index (χ4n) is 3.39. The molecule has 8 heteroatoms. The Morgan fingerprint density at radius 1 is 1.09 bits per heavy atom. The molecule has 0 radical (unpaired) electrons. The summed E-state index contributed by atoms with van der Waals surface area (Å²) in [7, 11) is 1.54. The molecule has 0 saturated heterocycles. The van der Waals surface area contributed by atoms with E-state index >= 15 is 0 Å². The number of ether oxygens (including phenoxy) is 2. The van der Waals surface area contributed by atoms with Crippen LogP contribution in [0, 0.1) is 18.6 Å². The molecule has 0 bridgehead atoms. The molecule has 3 aromatic rings. The summed E-state index contributed by atoms with van der Waals surface area (Å²) in [5.41, 5.74) is 2.02. The van der Waals surface area contributed by atoms with Gasteiger partial charge in [0.2, 0.25) is 5.88 Å². The van der Waals surface area contributed by atoms with Gasteiger partial charge in [-0.25, -0.2) is 13.5 Å². The zero-order chi connectivity index (χ0) is 23.3. The van der Waals surface area contributed by atoms with Crippen LogP contribution in [0.5, 0.6) is 11.6 Å². The summed E-state index contributed by atoms with van der Waals surface area (Å²) >= 11 is 0. The topological polar surface area (TPSA) is 59.8 Å². The normalized spacial score (nSPS) is 12.5. The van der Waals surface area contributed by atoms with Gasteiger partial charge in [-0.05, 0) is 57.2 Å². The molecular formula is C24H29F2N3O3. The van der Waals surface area contributed by atoms with Crippen LogP contribution in [0.3, 0.4) is 0 Å². The predicted octanol–water partition coefficient (Wildman–Crippen LogP) is 4.47. The minimum atomic E-state index is -0.661. The lowest BCUT2D eigenvalue weighted by molar-refractivity contribution is 0.0277. The van der Waals surface area contributed by atoms with Crippen LogP contribution in [-0.2, 0) is 11.3 Å². The third-order valence-corrected chi connectivity index (χ3v) is 5.15. The van der Waals surface area contributed by atoms with E-state index in [1.54, 1.807) is 42.1 Å². The molecule has 172 valence electrons. The second-order valence-electron chi connectivity index (χ2n) is 7.92. The molecule has 0 amide bonds. The lowest BCUT2D eigenvalue weighted by Crippen LogP contribution is -2.38. The van der Waals surface area contributed by atoms with E-state index in [0.717, 1.165) is 5.56 Å². The molecule has 0 spiro atoms. The first-order chi connectivity index (χ1) is 15.3. The number of nitrogens with zero attached hydrogens (tertiary/aromatic N) is 3. The Bertz CT molecular complexity index is 1020. The monoisotopic (exact) mass is 445 g/mol. The minimum absolute atomic E-state index is 0.0625. The maximum atomic E-state index is 14.4. The van der Waals surface area contributed by atoms with E-state index in [1.165, 1.54) is 18.2 Å². The molecule has 0 aliphatic rings. The number of aliphatic hydroxyl groups is 1. The largest absolute Gasteiger partial charge is 0.435 e. The Morgan fingerprint density at radius 3 is 2.41 bits per heavy atom. The van der Waals surface area contributed by atoms with Crippen molar-refractivity contribution in [3.8, 4) is 17.3 Å². The fraction of sp³-hybridized carbons (Fsp3) is 0.375. The first-order valence-corrected chi connectivity index (χ1v) is 10.5. The number of halogens is 2. The van der Waals surface area contributed by atoms with Crippen molar-refractivity contribution in [1.29, 1.82) is 0 Å². The van der Waals surface area contributed by atoms with Gasteiger partial charge in [-0.2, -0.15) is 5.10 Å². The van der Waals surface area contributed by atoms with Gasteiger partial charge in [0.25, 0.3) is 0 Å². The van der Waals surface area contributed by atoms with Crippen LogP contribution in [0.25, 0.3) is 5.69 Å². The SMILES string of the molecule is COC[C@@H](O)CN(Cc1c(C)nn(-c2ccc(F)cc2)c1Oc1ccccc1F)C(C)C. The molecule has 0 saturated carbocycles. The van der Waals surface area contributed by atoms with Crippen molar-refractivity contribution < 1.29 is 23.4 Å². The average molecular weight is 446 g/mol. The second-order valence-corrected chi connectivity index (χ2v) is 7.92. The first kappa shape index (κ1) is 23.8. The van der Waals surface area contributed by atoms with E-state index in [1.807, 2.05) is 20.8 Å². The number of rotatable bonds is 10. The zero-order valence-corrected chi connectivity index (χ0v) is 18.8. The minimum Gasteiger partial charge on any atom is -0.435 e. The van der Waals surface area contributed by atoms with Gasteiger partial charge in [-0.15, -0.1) is 0 Å². The summed E-state index contributed by atoms with van der Waals surface area (Å²) in [5.74, 6) is -0.467.